The molecule has 0 saturated carbocycles. The van der Waals surface area contributed by atoms with E-state index < -0.39 is 0 Å². The van der Waals surface area contributed by atoms with Crippen LogP contribution in [0.1, 0.15) is 26.3 Å². The van der Waals surface area contributed by atoms with Crippen LogP contribution in [-0.2, 0) is 0 Å². The number of nitrogens with zero attached hydrogens (tertiary/aromatic N) is 1. The summed E-state index contributed by atoms with van der Waals surface area (Å²) >= 11 is 0. The van der Waals surface area contributed by atoms with Gasteiger partial charge in [0.05, 0.1) is 5.69 Å². The number of aliphatic imine (C=N–C) groups is 1. The van der Waals surface area contributed by atoms with E-state index in [1.807, 2.05) is 57.2 Å². The summed E-state index contributed by atoms with van der Waals surface area (Å²) in [7, 11) is 4.42. The highest BCUT2D eigenvalue weighted by Gasteiger charge is 2.13. The smallest absolute Gasteiger partial charge is 0.146 e. The molecule has 3 rings (SSSR count). The monoisotopic (exact) mass is 410 g/mol. The summed E-state index contributed by atoms with van der Waals surface area (Å²) in [5, 5.41) is 20.6. The Labute approximate surface area is 178 Å². The van der Waals surface area contributed by atoms with Crippen molar-refractivity contribution < 1.29 is 14.6 Å². The van der Waals surface area contributed by atoms with Crippen LogP contribution in [0.15, 0.2) is 65.7 Å². The fourth-order valence-electron chi connectivity index (χ4n) is 2.94. The van der Waals surface area contributed by atoms with Crippen LogP contribution in [0.25, 0.3) is 22.3 Å². The zero-order valence-corrected chi connectivity index (χ0v) is 18.5. The quantitative estimate of drug-likeness (QED) is 0.464. The fraction of sp³-hybridized carbons (Fsp3) is 0.240. The molecule has 4 nitrogen and oxygen atoms in total. The molecule has 0 amide bonds. The number of phenolic OH excluding ortho intramolecular Hbond substituents is 1. The van der Waals surface area contributed by atoms with E-state index in [-0.39, 0.29) is 11.6 Å². The summed E-state index contributed by atoms with van der Waals surface area (Å²) in [6.07, 6.45) is 0. The summed E-state index contributed by atoms with van der Waals surface area (Å²) in [6, 6.07) is 18.2. The molecule has 3 aromatic carbocycles. The lowest BCUT2D eigenvalue weighted by Crippen LogP contribution is -1.95. The summed E-state index contributed by atoms with van der Waals surface area (Å²) in [4.78, 5) is 4.21. The van der Waals surface area contributed by atoms with Crippen LogP contribution in [0.3, 0.4) is 0 Å². The van der Waals surface area contributed by atoms with E-state index in [4.69, 9.17) is 5.11 Å². The molecule has 0 unspecified atom stereocenters. The van der Waals surface area contributed by atoms with E-state index >= 15 is 0 Å². The molecule has 3 aromatic rings. The van der Waals surface area contributed by atoms with Crippen molar-refractivity contribution in [2.75, 3.05) is 26.5 Å². The molecule has 0 radical (unpaired) electrons. The molecule has 3 N–H and O–H groups in total. The fourth-order valence-corrected chi connectivity index (χ4v) is 2.94. The first-order valence-corrected chi connectivity index (χ1v) is 9.83. The van der Waals surface area contributed by atoms with E-state index in [1.54, 1.807) is 32.3 Å². The van der Waals surface area contributed by atoms with Crippen molar-refractivity contribution in [3.63, 3.8) is 0 Å². The minimum atomic E-state index is -0.355. The standard InChI is InChI=1S/C22H21FN2O.C2H6.CH4O/c1-14(24-2)15-6-4-7-16(12-15)18-8-5-9-19(22(18)26)17-10-11-21(25-3)20(23)13-17;2*1-2/h4-13,25-26H,1-3H3;1-2H3;2H,1H3. The molecule has 0 aliphatic rings. The van der Waals surface area contributed by atoms with E-state index in [0.29, 0.717) is 22.4 Å². The van der Waals surface area contributed by atoms with Crippen LogP contribution in [0, 0.1) is 5.82 Å². The third kappa shape index (κ3) is 5.67. The molecule has 0 saturated heterocycles. The van der Waals surface area contributed by atoms with Gasteiger partial charge in [-0.3, -0.25) is 4.99 Å². The summed E-state index contributed by atoms with van der Waals surface area (Å²) in [6.45, 7) is 5.95. The van der Waals surface area contributed by atoms with Crippen molar-refractivity contribution >= 4 is 11.4 Å². The van der Waals surface area contributed by atoms with E-state index in [9.17, 15) is 9.50 Å². The predicted octanol–water partition coefficient (Wildman–Crippen LogP) is 5.98. The number of nitrogens with one attached hydrogen (secondary N) is 1. The van der Waals surface area contributed by atoms with E-state index in [2.05, 4.69) is 10.3 Å². The molecule has 0 aliphatic carbocycles. The first-order valence-electron chi connectivity index (χ1n) is 9.83. The Balaban J connectivity index is 0.00000106. The number of hydrogen-bond acceptors (Lipinski definition) is 4. The number of hydrogen-bond donors (Lipinski definition) is 3. The maximum absolute atomic E-state index is 14.1. The normalized spacial score (nSPS) is 10.3. The second-order valence-corrected chi connectivity index (χ2v) is 6.04. The van der Waals surface area contributed by atoms with Gasteiger partial charge in [0, 0.05) is 38.0 Å². The summed E-state index contributed by atoms with van der Waals surface area (Å²) in [5.41, 5.74) is 5.15. The van der Waals surface area contributed by atoms with Gasteiger partial charge in [-0.25, -0.2) is 4.39 Å². The third-order valence-electron chi connectivity index (χ3n) is 4.51. The molecule has 0 spiro atoms. The highest BCUT2D eigenvalue weighted by molar-refractivity contribution is 6.00. The van der Waals surface area contributed by atoms with Gasteiger partial charge in [0.15, 0.2) is 0 Å². The van der Waals surface area contributed by atoms with Crippen LogP contribution >= 0.6 is 0 Å². The molecule has 160 valence electrons. The zero-order chi connectivity index (χ0) is 22.7. The van der Waals surface area contributed by atoms with Crippen molar-refractivity contribution in [2.24, 2.45) is 4.99 Å². The number of aliphatic hydroxyl groups is 1. The second-order valence-electron chi connectivity index (χ2n) is 6.04. The number of halogens is 1. The first kappa shape index (κ1) is 24.9. The SMILES string of the molecule is CC.CN=C(C)c1cccc(-c2cccc(-c3ccc(NC)c(F)c3)c2O)c1.CO. The average Bonchev–Trinajstić information content (AvgIpc) is 2.81. The molecular formula is C25H31FN2O2. The first-order chi connectivity index (χ1) is 14.5. The van der Waals surface area contributed by atoms with Crippen molar-refractivity contribution in [3.8, 4) is 28.0 Å². The van der Waals surface area contributed by atoms with Gasteiger partial charge in [-0.15, -0.1) is 0 Å². The van der Waals surface area contributed by atoms with Crippen molar-refractivity contribution in [2.45, 2.75) is 20.8 Å². The van der Waals surface area contributed by atoms with Gasteiger partial charge in [-0.1, -0.05) is 56.3 Å². The third-order valence-corrected chi connectivity index (χ3v) is 4.51. The lowest BCUT2D eigenvalue weighted by molar-refractivity contribution is 0.399. The number of aliphatic hydroxyl groups excluding tert-OH is 1. The maximum Gasteiger partial charge on any atom is 0.146 e. The summed E-state index contributed by atoms with van der Waals surface area (Å²) < 4.78 is 14.1. The van der Waals surface area contributed by atoms with Gasteiger partial charge in [0.2, 0.25) is 0 Å². The maximum atomic E-state index is 14.1. The number of para-hydroxylation sites is 1. The zero-order valence-electron chi connectivity index (χ0n) is 18.5. The van der Waals surface area contributed by atoms with Crippen LogP contribution in [0.4, 0.5) is 10.1 Å². The van der Waals surface area contributed by atoms with Gasteiger partial charge in [0.25, 0.3) is 0 Å². The minimum absolute atomic E-state index is 0.132. The van der Waals surface area contributed by atoms with Gasteiger partial charge in [0.1, 0.15) is 11.6 Å². The topological polar surface area (TPSA) is 64.9 Å². The number of benzene rings is 3. The van der Waals surface area contributed by atoms with Crippen LogP contribution < -0.4 is 5.32 Å². The minimum Gasteiger partial charge on any atom is -0.507 e. The largest absolute Gasteiger partial charge is 0.507 e. The molecule has 5 heteroatoms. The number of anilines is 1. The predicted molar refractivity (Wildman–Crippen MR) is 126 cm³/mol. The Morgan fingerprint density at radius 3 is 2.00 bits per heavy atom. The molecule has 0 bridgehead atoms. The van der Waals surface area contributed by atoms with E-state index in [0.717, 1.165) is 23.9 Å². The highest BCUT2D eigenvalue weighted by Crippen LogP contribution is 2.38. The van der Waals surface area contributed by atoms with E-state index in [1.165, 1.54) is 6.07 Å². The van der Waals surface area contributed by atoms with Gasteiger partial charge < -0.3 is 15.5 Å². The van der Waals surface area contributed by atoms with Gasteiger partial charge >= 0.3 is 0 Å². The Morgan fingerprint density at radius 2 is 1.47 bits per heavy atom. The van der Waals surface area contributed by atoms with Crippen LogP contribution in [0.5, 0.6) is 5.75 Å². The molecule has 0 aromatic heterocycles. The number of aromatic hydroxyl groups is 1. The lowest BCUT2D eigenvalue weighted by atomic mass is 9.95. The van der Waals surface area contributed by atoms with Crippen LogP contribution in [-0.4, -0.2) is 37.1 Å². The molecular weight excluding hydrogens is 379 g/mol. The van der Waals surface area contributed by atoms with Gasteiger partial charge in [-0.05, 0) is 41.8 Å². The van der Waals surface area contributed by atoms with Gasteiger partial charge in [-0.2, -0.15) is 0 Å². The highest BCUT2D eigenvalue weighted by atomic mass is 19.1. The molecule has 0 aliphatic heterocycles. The number of phenols is 1. The van der Waals surface area contributed by atoms with Crippen molar-refractivity contribution in [3.05, 3.63) is 72.0 Å². The molecule has 0 atom stereocenters. The Bertz CT molecular complexity index is 985. The lowest BCUT2D eigenvalue weighted by Gasteiger charge is -2.12. The Morgan fingerprint density at radius 1 is 0.900 bits per heavy atom. The molecule has 0 heterocycles. The van der Waals surface area contributed by atoms with Crippen molar-refractivity contribution in [1.82, 2.24) is 0 Å². The Kier molecular flexibility index (Phi) is 10.3. The molecule has 30 heavy (non-hydrogen) atoms. The van der Waals surface area contributed by atoms with Crippen molar-refractivity contribution in [1.29, 1.82) is 0 Å². The average molecular weight is 411 g/mol. The second kappa shape index (κ2) is 12.4. The molecule has 0 fully saturated rings. The Hall–Kier alpha value is -3.18. The number of rotatable bonds is 4. The summed E-state index contributed by atoms with van der Waals surface area (Å²) in [5.74, 6) is -0.223. The van der Waals surface area contributed by atoms with Crippen LogP contribution in [0.2, 0.25) is 0 Å².